The van der Waals surface area contributed by atoms with Gasteiger partial charge >= 0.3 is 0 Å². The van der Waals surface area contributed by atoms with Crippen LogP contribution in [0.1, 0.15) is 55.4 Å². The van der Waals surface area contributed by atoms with Crippen molar-refractivity contribution in [3.8, 4) is 40.0 Å². The molecule has 3 N–H and O–H groups in total. The number of hydrogen-bond acceptors (Lipinski definition) is 10. The van der Waals surface area contributed by atoms with E-state index in [0.717, 1.165) is 32.1 Å². The summed E-state index contributed by atoms with van der Waals surface area (Å²) in [4.78, 5) is 17.5. The second-order valence-corrected chi connectivity index (χ2v) is 11.6. The van der Waals surface area contributed by atoms with Crippen molar-refractivity contribution in [1.82, 2.24) is 34.7 Å². The smallest absolute Gasteiger partial charge is 0.275 e. The Labute approximate surface area is 266 Å². The molecule has 1 unspecified atom stereocenters. The van der Waals surface area contributed by atoms with Crippen LogP contribution in [-0.2, 0) is 24.9 Å². The van der Waals surface area contributed by atoms with Gasteiger partial charge < -0.3 is 19.9 Å². The van der Waals surface area contributed by atoms with Crippen molar-refractivity contribution >= 4 is 22.4 Å². The molecule has 1 saturated carbocycles. The molecule has 0 radical (unpaired) electrons. The largest absolute Gasteiger partial charge is 0.489 e. The minimum Gasteiger partial charge on any atom is -0.489 e. The summed E-state index contributed by atoms with van der Waals surface area (Å²) in [6.45, 7) is 0.629. The number of nitrogens with one attached hydrogen (secondary N) is 1. The van der Waals surface area contributed by atoms with E-state index in [4.69, 9.17) is 31.5 Å². The molecule has 236 valence electrons. The summed E-state index contributed by atoms with van der Waals surface area (Å²) in [5, 5.41) is 26.2. The van der Waals surface area contributed by atoms with Gasteiger partial charge in [0, 0.05) is 37.2 Å². The third-order valence-corrected chi connectivity index (χ3v) is 8.36. The van der Waals surface area contributed by atoms with Gasteiger partial charge in [-0.3, -0.25) is 9.48 Å². The van der Waals surface area contributed by atoms with E-state index in [0.29, 0.717) is 34.6 Å². The predicted octanol–water partition coefficient (Wildman–Crippen LogP) is 4.52. The predicted molar refractivity (Wildman–Crippen MR) is 164 cm³/mol. The molecule has 0 bridgehead atoms. The molecular formula is C31H29ClFN9O4. The molecule has 1 saturated heterocycles. The first-order valence-corrected chi connectivity index (χ1v) is 15.2. The highest BCUT2D eigenvalue weighted by Gasteiger charge is 2.30. The summed E-state index contributed by atoms with van der Waals surface area (Å²) in [5.74, 6) is 0.0126. The molecule has 5 aromatic rings. The van der Waals surface area contributed by atoms with Crippen LogP contribution in [0.2, 0.25) is 5.02 Å². The van der Waals surface area contributed by atoms with Gasteiger partial charge in [-0.15, -0.1) is 0 Å². The molecule has 7 rings (SSSR count). The van der Waals surface area contributed by atoms with E-state index in [1.807, 2.05) is 0 Å². The van der Waals surface area contributed by atoms with Crippen LogP contribution >= 0.6 is 11.6 Å². The number of rotatable bonds is 9. The first kappa shape index (κ1) is 29.8. The fourth-order valence-corrected chi connectivity index (χ4v) is 5.86. The van der Waals surface area contributed by atoms with Crippen molar-refractivity contribution in [3.05, 3.63) is 69.0 Å². The van der Waals surface area contributed by atoms with Crippen LogP contribution in [0.3, 0.4) is 0 Å². The number of hydrogen-bond donors (Lipinski definition) is 2. The lowest BCUT2D eigenvalue weighted by molar-refractivity contribution is -0.0399. The van der Waals surface area contributed by atoms with Crippen molar-refractivity contribution in [2.75, 3.05) is 6.61 Å². The van der Waals surface area contributed by atoms with Gasteiger partial charge in [0.15, 0.2) is 17.9 Å². The molecule has 0 amide bonds. The van der Waals surface area contributed by atoms with Gasteiger partial charge in [0.25, 0.3) is 5.56 Å². The molecule has 13 nitrogen and oxygen atoms in total. The van der Waals surface area contributed by atoms with Gasteiger partial charge in [-0.1, -0.05) is 11.6 Å². The van der Waals surface area contributed by atoms with Crippen molar-refractivity contribution < 1.29 is 18.6 Å². The summed E-state index contributed by atoms with van der Waals surface area (Å²) in [6, 6.07) is 6.80. The van der Waals surface area contributed by atoms with E-state index in [9.17, 15) is 10.1 Å². The van der Waals surface area contributed by atoms with Gasteiger partial charge in [-0.05, 0) is 49.8 Å². The van der Waals surface area contributed by atoms with Gasteiger partial charge in [-0.2, -0.15) is 20.6 Å². The lowest BCUT2D eigenvalue weighted by atomic mass is 9.95. The average molecular weight is 646 g/mol. The Balaban J connectivity index is 1.34. The second kappa shape index (κ2) is 12.2. The topological polar surface area (TPSA) is 172 Å². The van der Waals surface area contributed by atoms with Gasteiger partial charge in [0.2, 0.25) is 0 Å². The molecule has 2 aliphatic rings. The van der Waals surface area contributed by atoms with Gasteiger partial charge in [-0.25, -0.2) is 19.2 Å². The third-order valence-electron chi connectivity index (χ3n) is 8.09. The van der Waals surface area contributed by atoms with Crippen molar-refractivity contribution in [2.45, 2.75) is 57.6 Å². The minimum absolute atomic E-state index is 0.000257. The van der Waals surface area contributed by atoms with E-state index in [2.05, 4.69) is 31.4 Å². The Morgan fingerprint density at radius 2 is 2.09 bits per heavy atom. The summed E-state index contributed by atoms with van der Waals surface area (Å²) >= 11 is 6.33. The first-order chi connectivity index (χ1) is 22.4. The number of halogens is 2. The molecule has 2 aromatic carbocycles. The average Bonchev–Trinajstić information content (AvgIpc) is 3.61. The Bertz CT molecular complexity index is 2060. The van der Waals surface area contributed by atoms with Crippen LogP contribution in [-0.4, -0.2) is 47.5 Å². The van der Waals surface area contributed by atoms with Crippen LogP contribution in [0.25, 0.3) is 33.2 Å². The monoisotopic (exact) mass is 645 g/mol. The van der Waals surface area contributed by atoms with Crippen molar-refractivity contribution in [3.63, 3.8) is 0 Å². The molecular weight excluding hydrogens is 617 g/mol. The van der Waals surface area contributed by atoms with E-state index in [1.54, 1.807) is 36.4 Å². The fourth-order valence-electron chi connectivity index (χ4n) is 5.67. The number of ether oxygens (including phenoxy) is 3. The van der Waals surface area contributed by atoms with E-state index in [1.165, 1.54) is 10.7 Å². The van der Waals surface area contributed by atoms with Crippen molar-refractivity contribution in [2.24, 2.45) is 12.8 Å². The summed E-state index contributed by atoms with van der Waals surface area (Å²) in [6.07, 6.45) is 7.46. The maximum atomic E-state index is 15.9. The molecule has 1 atom stereocenters. The minimum atomic E-state index is -0.784. The second-order valence-electron chi connectivity index (χ2n) is 11.2. The van der Waals surface area contributed by atoms with Gasteiger partial charge in [0.05, 0.1) is 39.7 Å². The summed E-state index contributed by atoms with van der Waals surface area (Å²) in [7, 11) is 1.63. The molecule has 4 heterocycles. The standard InChI is InChI=1S/C31H29ClFN9O4/c1-41-30(28-19(11-34)23(46-17-5-6-17)10-21(32)29(28)33)20(13-37-41)16-8-18-22(12-35)38-39-31(43)27(18)24(9-16)45-14-25-36-15-42(40-25)26-4-2-3-7-44-26/h8-10,13,15,17,26H,2-7,12,14,35H2,1H3,(H,39,43). The van der Waals surface area contributed by atoms with E-state index < -0.39 is 11.4 Å². The van der Waals surface area contributed by atoms with E-state index >= 15 is 4.39 Å². The highest BCUT2D eigenvalue weighted by molar-refractivity contribution is 6.31. The normalized spacial score (nSPS) is 16.5. The Morgan fingerprint density at radius 3 is 2.83 bits per heavy atom. The zero-order valence-corrected chi connectivity index (χ0v) is 25.6. The summed E-state index contributed by atoms with van der Waals surface area (Å²) in [5.41, 5.74) is 7.13. The number of aromatic amines is 1. The third kappa shape index (κ3) is 5.46. The number of benzene rings is 2. The molecule has 1 aliphatic carbocycles. The van der Waals surface area contributed by atoms with Crippen LogP contribution in [0.15, 0.2) is 35.5 Å². The highest BCUT2D eigenvalue weighted by Crippen LogP contribution is 2.44. The molecule has 2 fully saturated rings. The zero-order chi connectivity index (χ0) is 31.9. The number of nitrogens with two attached hydrogens (primary N) is 1. The Morgan fingerprint density at radius 1 is 1.24 bits per heavy atom. The quantitative estimate of drug-likeness (QED) is 0.232. The van der Waals surface area contributed by atoms with Crippen molar-refractivity contribution in [1.29, 1.82) is 5.26 Å². The highest BCUT2D eigenvalue weighted by atomic mass is 35.5. The van der Waals surface area contributed by atoms with Crippen LogP contribution in [0, 0.1) is 17.1 Å². The number of H-pyrrole nitrogens is 1. The number of nitrogens with zero attached hydrogens (tertiary/aromatic N) is 7. The van der Waals surface area contributed by atoms with Gasteiger partial charge in [0.1, 0.15) is 36.1 Å². The lowest BCUT2D eigenvalue weighted by Crippen LogP contribution is -2.18. The van der Waals surface area contributed by atoms with Crippen LogP contribution < -0.4 is 20.8 Å². The molecule has 0 spiro atoms. The number of aromatic nitrogens is 7. The number of nitriles is 1. The summed E-state index contributed by atoms with van der Waals surface area (Å²) < 4.78 is 36.9. The lowest BCUT2D eigenvalue weighted by Gasteiger charge is -2.22. The molecule has 46 heavy (non-hydrogen) atoms. The van der Waals surface area contributed by atoms with E-state index in [-0.39, 0.29) is 64.2 Å². The maximum absolute atomic E-state index is 15.9. The Kier molecular flexibility index (Phi) is 7.89. The zero-order valence-electron chi connectivity index (χ0n) is 24.8. The molecule has 3 aromatic heterocycles. The van der Waals surface area contributed by atoms with Crippen LogP contribution in [0.4, 0.5) is 4.39 Å². The SMILES string of the molecule is Cn1ncc(-c2cc(OCc3ncn(C4CCCCO4)n3)c3c(=O)[nH]nc(CN)c3c2)c1-c1c(F)c(Cl)cc(OC2CC2)c1C#N. The number of aryl methyl sites for hydroxylation is 1. The Hall–Kier alpha value is -4.84. The maximum Gasteiger partial charge on any atom is 0.275 e. The number of fused-ring (bicyclic) bond motifs is 1. The first-order valence-electron chi connectivity index (χ1n) is 14.9. The van der Waals surface area contributed by atoms with Crippen LogP contribution in [0.5, 0.6) is 11.5 Å². The molecule has 1 aliphatic heterocycles. The fraction of sp³-hybridized carbons (Fsp3) is 0.355. The molecule has 15 heteroatoms.